The van der Waals surface area contributed by atoms with Gasteiger partial charge in [0.25, 0.3) is 5.91 Å². The highest BCUT2D eigenvalue weighted by Gasteiger charge is 2.37. The van der Waals surface area contributed by atoms with E-state index < -0.39 is 0 Å². The summed E-state index contributed by atoms with van der Waals surface area (Å²) in [4.78, 5) is 16.0. The van der Waals surface area contributed by atoms with Gasteiger partial charge in [-0.3, -0.25) is 9.69 Å². The van der Waals surface area contributed by atoms with Crippen LogP contribution in [0.4, 0.5) is 5.69 Å². The molecule has 1 aromatic rings. The van der Waals surface area contributed by atoms with E-state index in [1.165, 1.54) is 11.1 Å². The van der Waals surface area contributed by atoms with Crippen LogP contribution in [0.2, 0.25) is 0 Å². The molecule has 1 amide bonds. The Morgan fingerprint density at radius 2 is 2.04 bits per heavy atom. The number of ether oxygens (including phenoxy) is 1. The summed E-state index contributed by atoms with van der Waals surface area (Å²) in [6.45, 7) is 2.49. The molecular weight excluding hydrogens is 330 g/mol. The Balaban J connectivity index is 2.06. The molecule has 0 aliphatic carbocycles. The highest BCUT2D eigenvalue weighted by atomic mass is 35.5. The van der Waals surface area contributed by atoms with Gasteiger partial charge in [-0.15, -0.1) is 16.7 Å². The van der Waals surface area contributed by atoms with Crippen LogP contribution < -0.4 is 4.90 Å². The number of allylic oxidation sites excluding steroid dienone is 1. The van der Waals surface area contributed by atoms with Crippen LogP contribution in [-0.2, 0) is 9.53 Å². The lowest BCUT2D eigenvalue weighted by Crippen LogP contribution is -2.47. The molecule has 0 atom stereocenters. The summed E-state index contributed by atoms with van der Waals surface area (Å²) >= 11 is 5.70. The van der Waals surface area contributed by atoms with E-state index >= 15 is 0 Å². The third-order valence-electron chi connectivity index (χ3n) is 3.69. The molecule has 24 heavy (non-hydrogen) atoms. The SMILES string of the molecule is N#C/C=C1\N(C(=O)CCl)N=C(N2CCOCC2)N1c1ccccc1. The molecule has 2 aliphatic heterocycles. The second kappa shape index (κ2) is 7.34. The lowest BCUT2D eigenvalue weighted by atomic mass is 10.3. The van der Waals surface area contributed by atoms with Crippen molar-refractivity contribution in [2.75, 3.05) is 37.1 Å². The van der Waals surface area contributed by atoms with Gasteiger partial charge in [0.05, 0.1) is 31.0 Å². The number of carbonyl (C=O) groups is 1. The van der Waals surface area contributed by atoms with Gasteiger partial charge in [0.15, 0.2) is 5.82 Å². The zero-order chi connectivity index (χ0) is 16.9. The normalized spacial score (nSPS) is 19.4. The fraction of sp³-hybridized carbons (Fsp3) is 0.312. The van der Waals surface area contributed by atoms with Gasteiger partial charge in [-0.05, 0) is 12.1 Å². The summed E-state index contributed by atoms with van der Waals surface area (Å²) < 4.78 is 5.39. The van der Waals surface area contributed by atoms with Crippen LogP contribution in [0, 0.1) is 11.3 Å². The van der Waals surface area contributed by atoms with Crippen molar-refractivity contribution in [3.05, 3.63) is 42.2 Å². The highest BCUT2D eigenvalue weighted by molar-refractivity contribution is 6.27. The Morgan fingerprint density at radius 3 is 2.67 bits per heavy atom. The summed E-state index contributed by atoms with van der Waals surface area (Å²) in [6.07, 6.45) is 1.30. The number of benzene rings is 1. The van der Waals surface area contributed by atoms with Crippen molar-refractivity contribution in [2.24, 2.45) is 5.10 Å². The van der Waals surface area contributed by atoms with Crippen LogP contribution in [0.5, 0.6) is 0 Å². The van der Waals surface area contributed by atoms with Gasteiger partial charge >= 0.3 is 0 Å². The predicted molar refractivity (Wildman–Crippen MR) is 90.0 cm³/mol. The van der Waals surface area contributed by atoms with Crippen molar-refractivity contribution in [3.63, 3.8) is 0 Å². The number of nitrogens with zero attached hydrogens (tertiary/aromatic N) is 5. The van der Waals surface area contributed by atoms with Crippen LogP contribution in [0.15, 0.2) is 47.3 Å². The van der Waals surface area contributed by atoms with Crippen LogP contribution in [0.25, 0.3) is 0 Å². The number of halogens is 1. The predicted octanol–water partition coefficient (Wildman–Crippen LogP) is 1.54. The van der Waals surface area contributed by atoms with Gasteiger partial charge in [0.1, 0.15) is 5.88 Å². The maximum atomic E-state index is 12.2. The first-order valence-electron chi connectivity index (χ1n) is 7.51. The molecule has 0 spiro atoms. The largest absolute Gasteiger partial charge is 0.378 e. The van der Waals surface area contributed by atoms with Crippen molar-refractivity contribution in [2.45, 2.75) is 0 Å². The molecule has 2 heterocycles. The maximum Gasteiger partial charge on any atom is 0.263 e. The first kappa shape index (κ1) is 16.3. The number of hydrogen-bond acceptors (Lipinski definition) is 6. The molecule has 0 saturated carbocycles. The number of rotatable bonds is 2. The Morgan fingerprint density at radius 1 is 1.33 bits per heavy atom. The summed E-state index contributed by atoms with van der Waals surface area (Å²) in [5, 5.41) is 14.8. The number of alkyl halides is 1. The molecule has 1 saturated heterocycles. The Bertz CT molecular complexity index is 707. The van der Waals surface area contributed by atoms with Crippen LogP contribution >= 0.6 is 11.6 Å². The Hall–Kier alpha value is -2.56. The number of para-hydroxylation sites is 1. The van der Waals surface area contributed by atoms with Gasteiger partial charge in [-0.25, -0.2) is 0 Å². The maximum absolute atomic E-state index is 12.2. The lowest BCUT2D eigenvalue weighted by Gasteiger charge is -2.32. The fourth-order valence-corrected chi connectivity index (χ4v) is 2.71. The number of hydrazone groups is 1. The minimum absolute atomic E-state index is 0.217. The molecule has 1 fully saturated rings. The first-order valence-corrected chi connectivity index (χ1v) is 8.05. The van der Waals surface area contributed by atoms with E-state index in [4.69, 9.17) is 21.6 Å². The van der Waals surface area contributed by atoms with Crippen LogP contribution in [0.1, 0.15) is 0 Å². The summed E-state index contributed by atoms with van der Waals surface area (Å²) in [7, 11) is 0. The second-order valence-electron chi connectivity index (χ2n) is 5.14. The third-order valence-corrected chi connectivity index (χ3v) is 3.92. The fourth-order valence-electron chi connectivity index (χ4n) is 2.60. The van der Waals surface area contributed by atoms with E-state index in [1.807, 2.05) is 41.3 Å². The molecule has 8 heteroatoms. The lowest BCUT2D eigenvalue weighted by molar-refractivity contribution is -0.126. The zero-order valence-electron chi connectivity index (χ0n) is 12.9. The third kappa shape index (κ3) is 3.07. The molecule has 0 unspecified atom stereocenters. The number of nitriles is 1. The van der Waals surface area contributed by atoms with Crippen molar-refractivity contribution in [3.8, 4) is 6.07 Å². The van der Waals surface area contributed by atoms with E-state index in [2.05, 4.69) is 5.10 Å². The van der Waals surface area contributed by atoms with Crippen molar-refractivity contribution < 1.29 is 9.53 Å². The number of anilines is 1. The molecule has 124 valence electrons. The average molecular weight is 346 g/mol. The van der Waals surface area contributed by atoms with Gasteiger partial charge in [-0.1, -0.05) is 18.2 Å². The molecule has 0 radical (unpaired) electrons. The molecule has 2 aliphatic rings. The molecule has 7 nitrogen and oxygen atoms in total. The number of guanidine groups is 1. The highest BCUT2D eigenvalue weighted by Crippen LogP contribution is 2.29. The number of carbonyl (C=O) groups excluding carboxylic acids is 1. The minimum Gasteiger partial charge on any atom is -0.378 e. The Labute approximate surface area is 144 Å². The second-order valence-corrected chi connectivity index (χ2v) is 5.41. The van der Waals surface area contributed by atoms with Gasteiger partial charge < -0.3 is 9.64 Å². The smallest absolute Gasteiger partial charge is 0.263 e. The van der Waals surface area contributed by atoms with Gasteiger partial charge in [0.2, 0.25) is 5.96 Å². The minimum atomic E-state index is -0.387. The average Bonchev–Trinajstić information content (AvgIpc) is 3.02. The summed E-state index contributed by atoms with van der Waals surface area (Å²) in [5.74, 6) is 0.355. The molecule has 0 aromatic heterocycles. The molecule has 3 rings (SSSR count). The van der Waals surface area contributed by atoms with Gasteiger partial charge in [-0.2, -0.15) is 10.3 Å². The topological polar surface area (TPSA) is 72.2 Å². The van der Waals surface area contributed by atoms with Crippen molar-refractivity contribution in [1.29, 1.82) is 5.26 Å². The molecular formula is C16H16ClN5O2. The summed E-state index contributed by atoms with van der Waals surface area (Å²) in [5.41, 5.74) is 0.814. The van der Waals surface area contributed by atoms with E-state index in [0.717, 1.165) is 5.69 Å². The molecule has 1 aromatic carbocycles. The molecule has 0 bridgehead atoms. The quantitative estimate of drug-likeness (QED) is 0.600. The van der Waals surface area contributed by atoms with E-state index in [0.29, 0.717) is 38.1 Å². The van der Waals surface area contributed by atoms with E-state index in [-0.39, 0.29) is 11.8 Å². The monoisotopic (exact) mass is 345 g/mol. The zero-order valence-corrected chi connectivity index (χ0v) is 13.7. The van der Waals surface area contributed by atoms with Crippen LogP contribution in [-0.4, -0.2) is 54.0 Å². The number of amides is 1. The van der Waals surface area contributed by atoms with Gasteiger partial charge in [0, 0.05) is 13.1 Å². The number of morpholine rings is 1. The van der Waals surface area contributed by atoms with Crippen molar-refractivity contribution in [1.82, 2.24) is 9.91 Å². The summed E-state index contributed by atoms with van der Waals surface area (Å²) in [6, 6.07) is 11.5. The van der Waals surface area contributed by atoms with Crippen molar-refractivity contribution >= 4 is 29.2 Å². The molecule has 0 N–H and O–H groups in total. The van der Waals surface area contributed by atoms with E-state index in [1.54, 1.807) is 4.90 Å². The van der Waals surface area contributed by atoms with Crippen LogP contribution in [0.3, 0.4) is 0 Å². The van der Waals surface area contributed by atoms with E-state index in [9.17, 15) is 4.79 Å². The Kier molecular flexibility index (Phi) is 4.99. The number of hydrogen-bond donors (Lipinski definition) is 0. The first-order chi connectivity index (χ1) is 11.8. The standard InChI is InChI=1S/C16H16ClN5O2/c17-12-15(23)22-14(6-7-18)21(13-4-2-1-3-5-13)16(19-22)20-8-10-24-11-9-20/h1-6H,8-12H2/b14-6-.